The zero-order valence-corrected chi connectivity index (χ0v) is 12.3. The van der Waals surface area contributed by atoms with E-state index < -0.39 is 4.92 Å². The summed E-state index contributed by atoms with van der Waals surface area (Å²) in [5, 5.41) is 14.4. The van der Waals surface area contributed by atoms with Crippen LogP contribution in [0.3, 0.4) is 0 Å². The van der Waals surface area contributed by atoms with Gasteiger partial charge < -0.3 is 10.1 Å². The van der Waals surface area contributed by atoms with Crippen LogP contribution in [0.2, 0.25) is 5.02 Å². The van der Waals surface area contributed by atoms with Gasteiger partial charge in [0.15, 0.2) is 0 Å². The maximum absolute atomic E-state index is 11.0. The molecule has 0 atom stereocenters. The molecule has 110 valence electrons. The predicted molar refractivity (Wildman–Crippen MR) is 83.3 cm³/mol. The molecule has 0 aromatic heterocycles. The Kier molecular flexibility index (Phi) is 5.00. The van der Waals surface area contributed by atoms with Gasteiger partial charge in [-0.25, -0.2) is 0 Å². The summed E-state index contributed by atoms with van der Waals surface area (Å²) >= 11 is 6.02. The van der Waals surface area contributed by atoms with E-state index in [1.165, 1.54) is 6.07 Å². The number of nitro groups is 1. The summed E-state index contributed by atoms with van der Waals surface area (Å²) in [4.78, 5) is 10.5. The molecule has 0 unspecified atom stereocenters. The van der Waals surface area contributed by atoms with Crippen molar-refractivity contribution >= 4 is 23.0 Å². The number of halogens is 1. The third-order valence-corrected chi connectivity index (χ3v) is 3.35. The topological polar surface area (TPSA) is 64.4 Å². The molecule has 0 amide bonds. The first-order valence-corrected chi connectivity index (χ1v) is 6.79. The largest absolute Gasteiger partial charge is 0.497 e. The maximum atomic E-state index is 11.0. The average molecular weight is 307 g/mol. The number of methoxy groups -OCH3 is 1. The van der Waals surface area contributed by atoms with Gasteiger partial charge >= 0.3 is 0 Å². The molecule has 21 heavy (non-hydrogen) atoms. The summed E-state index contributed by atoms with van der Waals surface area (Å²) in [7, 11) is 1.62. The third-order valence-electron chi connectivity index (χ3n) is 3.04. The van der Waals surface area contributed by atoms with Gasteiger partial charge in [-0.05, 0) is 30.2 Å². The number of nitrogens with zero attached hydrogens (tertiary/aromatic N) is 1. The van der Waals surface area contributed by atoms with Gasteiger partial charge in [-0.3, -0.25) is 10.1 Å². The molecule has 0 saturated carbocycles. The lowest BCUT2D eigenvalue weighted by Crippen LogP contribution is -2.07. The van der Waals surface area contributed by atoms with Crippen LogP contribution < -0.4 is 10.1 Å². The Morgan fingerprint density at radius 1 is 1.29 bits per heavy atom. The van der Waals surface area contributed by atoms with E-state index in [0.29, 0.717) is 23.7 Å². The Bertz CT molecular complexity index is 647. The standard InChI is InChI=1S/C15H15ClN2O3/c1-21-12-5-2-4-11(10-12)8-9-17-15-13(16)6-3-7-14(15)18(19)20/h2-7,10,17H,8-9H2,1H3. The van der Waals surface area contributed by atoms with Crippen LogP contribution in [0, 0.1) is 10.1 Å². The molecule has 0 heterocycles. The molecule has 1 N–H and O–H groups in total. The SMILES string of the molecule is COc1cccc(CCNc2c(Cl)cccc2[N+](=O)[O-])c1. The molecule has 2 rings (SSSR count). The van der Waals surface area contributed by atoms with E-state index in [4.69, 9.17) is 16.3 Å². The van der Waals surface area contributed by atoms with E-state index in [1.807, 2.05) is 24.3 Å². The highest BCUT2D eigenvalue weighted by Crippen LogP contribution is 2.31. The second-order valence-electron chi connectivity index (χ2n) is 4.42. The fourth-order valence-electron chi connectivity index (χ4n) is 2.00. The van der Waals surface area contributed by atoms with Crippen molar-refractivity contribution in [2.45, 2.75) is 6.42 Å². The van der Waals surface area contributed by atoms with Crippen LogP contribution in [-0.2, 0) is 6.42 Å². The molecule has 0 bridgehead atoms. The first-order chi connectivity index (χ1) is 10.1. The minimum atomic E-state index is -0.445. The highest BCUT2D eigenvalue weighted by Gasteiger charge is 2.15. The van der Waals surface area contributed by atoms with Crippen LogP contribution in [0.25, 0.3) is 0 Å². The van der Waals surface area contributed by atoms with Crippen LogP contribution in [-0.4, -0.2) is 18.6 Å². The van der Waals surface area contributed by atoms with Gasteiger partial charge in [0.05, 0.1) is 17.1 Å². The highest BCUT2D eigenvalue weighted by atomic mass is 35.5. The van der Waals surface area contributed by atoms with Crippen molar-refractivity contribution in [3.63, 3.8) is 0 Å². The molecule has 6 heteroatoms. The van der Waals surface area contributed by atoms with Crippen molar-refractivity contribution in [1.82, 2.24) is 0 Å². The summed E-state index contributed by atoms with van der Waals surface area (Å²) in [6.07, 6.45) is 0.708. The molecule has 0 saturated heterocycles. The lowest BCUT2D eigenvalue weighted by molar-refractivity contribution is -0.383. The fraction of sp³-hybridized carbons (Fsp3) is 0.200. The smallest absolute Gasteiger partial charge is 0.293 e. The van der Waals surface area contributed by atoms with Gasteiger partial charge in [0.1, 0.15) is 11.4 Å². The average Bonchev–Trinajstić information content (AvgIpc) is 2.49. The van der Waals surface area contributed by atoms with E-state index in [9.17, 15) is 10.1 Å². The van der Waals surface area contributed by atoms with Crippen molar-refractivity contribution in [2.75, 3.05) is 19.0 Å². The number of hydrogen-bond acceptors (Lipinski definition) is 4. The minimum Gasteiger partial charge on any atom is -0.497 e. The molecule has 2 aromatic carbocycles. The number of anilines is 1. The number of nitrogens with one attached hydrogen (secondary N) is 1. The Morgan fingerprint density at radius 3 is 2.76 bits per heavy atom. The van der Waals surface area contributed by atoms with Gasteiger partial charge in [-0.15, -0.1) is 0 Å². The normalized spacial score (nSPS) is 10.2. The van der Waals surface area contributed by atoms with Gasteiger partial charge in [-0.1, -0.05) is 29.8 Å². The second kappa shape index (κ2) is 6.95. The van der Waals surface area contributed by atoms with Crippen molar-refractivity contribution < 1.29 is 9.66 Å². The van der Waals surface area contributed by atoms with Crippen molar-refractivity contribution in [2.24, 2.45) is 0 Å². The second-order valence-corrected chi connectivity index (χ2v) is 4.83. The predicted octanol–water partition coefficient (Wildman–Crippen LogP) is 3.91. The summed E-state index contributed by atoms with van der Waals surface area (Å²) in [6, 6.07) is 12.3. The number of hydrogen-bond donors (Lipinski definition) is 1. The Morgan fingerprint density at radius 2 is 2.05 bits per heavy atom. The first kappa shape index (κ1) is 15.1. The summed E-state index contributed by atoms with van der Waals surface area (Å²) in [5.41, 5.74) is 1.41. The van der Waals surface area contributed by atoms with Crippen LogP contribution in [0.5, 0.6) is 5.75 Å². The number of nitro benzene ring substituents is 1. The number of para-hydroxylation sites is 1. The fourth-order valence-corrected chi connectivity index (χ4v) is 2.24. The molecule has 0 spiro atoms. The molecule has 0 fully saturated rings. The number of rotatable bonds is 6. The van der Waals surface area contributed by atoms with Gasteiger partial charge in [0, 0.05) is 12.6 Å². The quantitative estimate of drug-likeness (QED) is 0.649. The molecule has 0 radical (unpaired) electrons. The van der Waals surface area contributed by atoms with Gasteiger partial charge in [-0.2, -0.15) is 0 Å². The Balaban J connectivity index is 2.05. The molecule has 0 aliphatic rings. The zero-order valence-electron chi connectivity index (χ0n) is 11.5. The molecular weight excluding hydrogens is 292 g/mol. The van der Waals surface area contributed by atoms with Crippen LogP contribution >= 0.6 is 11.6 Å². The van der Waals surface area contributed by atoms with Crippen molar-refractivity contribution in [1.29, 1.82) is 0 Å². The lowest BCUT2D eigenvalue weighted by Gasteiger charge is -2.09. The molecule has 0 aliphatic heterocycles. The Hall–Kier alpha value is -2.27. The van der Waals surface area contributed by atoms with E-state index in [1.54, 1.807) is 19.2 Å². The van der Waals surface area contributed by atoms with E-state index >= 15 is 0 Å². The zero-order chi connectivity index (χ0) is 15.2. The number of benzene rings is 2. The summed E-state index contributed by atoms with van der Waals surface area (Å²) < 4.78 is 5.16. The Labute approximate surface area is 127 Å². The molecule has 2 aromatic rings. The molecule has 0 aliphatic carbocycles. The van der Waals surface area contributed by atoms with E-state index in [0.717, 1.165) is 11.3 Å². The van der Waals surface area contributed by atoms with Crippen LogP contribution in [0.1, 0.15) is 5.56 Å². The first-order valence-electron chi connectivity index (χ1n) is 6.41. The maximum Gasteiger partial charge on any atom is 0.293 e. The summed E-state index contributed by atoms with van der Waals surface area (Å²) in [5.74, 6) is 0.788. The van der Waals surface area contributed by atoms with Gasteiger partial charge in [0.2, 0.25) is 0 Å². The van der Waals surface area contributed by atoms with E-state index in [2.05, 4.69) is 5.32 Å². The third kappa shape index (κ3) is 3.86. The highest BCUT2D eigenvalue weighted by molar-refractivity contribution is 6.33. The van der Waals surface area contributed by atoms with Crippen molar-refractivity contribution in [3.05, 3.63) is 63.2 Å². The molecule has 5 nitrogen and oxygen atoms in total. The number of ether oxygens (including phenoxy) is 1. The monoisotopic (exact) mass is 306 g/mol. The summed E-state index contributed by atoms with van der Waals surface area (Å²) in [6.45, 7) is 0.539. The minimum absolute atomic E-state index is 0.0202. The van der Waals surface area contributed by atoms with Gasteiger partial charge in [0.25, 0.3) is 5.69 Å². The van der Waals surface area contributed by atoms with E-state index in [-0.39, 0.29) is 5.69 Å². The van der Waals surface area contributed by atoms with Crippen LogP contribution in [0.15, 0.2) is 42.5 Å². The molecular formula is C15H15ClN2O3. The lowest BCUT2D eigenvalue weighted by atomic mass is 10.1. The van der Waals surface area contributed by atoms with Crippen molar-refractivity contribution in [3.8, 4) is 5.75 Å². The van der Waals surface area contributed by atoms with Crippen LogP contribution in [0.4, 0.5) is 11.4 Å².